The van der Waals surface area contributed by atoms with Crippen LogP contribution in [0.2, 0.25) is 10.0 Å². The van der Waals surface area contributed by atoms with Crippen LogP contribution in [0, 0.1) is 5.92 Å². The van der Waals surface area contributed by atoms with E-state index in [4.69, 9.17) is 23.2 Å². The van der Waals surface area contributed by atoms with E-state index in [2.05, 4.69) is 27.4 Å². The number of rotatable bonds is 5. The van der Waals surface area contributed by atoms with Crippen molar-refractivity contribution in [3.05, 3.63) is 45.6 Å². The molecule has 0 saturated carbocycles. The molecular formula is C22H24Cl2F3N5O. The number of likely N-dealkylation sites (tertiary alicyclic amines) is 1. The molecule has 1 aromatic heterocycles. The number of nitrogens with one attached hydrogen (secondary N) is 1. The molecule has 0 aliphatic carbocycles. The highest BCUT2D eigenvalue weighted by Gasteiger charge is 2.42. The van der Waals surface area contributed by atoms with Crippen molar-refractivity contribution in [1.29, 1.82) is 0 Å². The zero-order chi connectivity index (χ0) is 23.9. The Labute approximate surface area is 199 Å². The van der Waals surface area contributed by atoms with Crippen molar-refractivity contribution >= 4 is 40.6 Å². The van der Waals surface area contributed by atoms with Gasteiger partial charge >= 0.3 is 6.18 Å². The second kappa shape index (κ2) is 9.27. The molecule has 0 bridgehead atoms. The summed E-state index contributed by atoms with van der Waals surface area (Å²) in [6, 6.07) is 5.20. The maximum Gasteiger partial charge on any atom is 0.435 e. The number of hydrogen-bond acceptors (Lipinski definition) is 4. The van der Waals surface area contributed by atoms with Crippen LogP contribution >= 0.6 is 23.2 Å². The number of nitrogens with zero attached hydrogens (tertiary/aromatic N) is 4. The minimum atomic E-state index is -4.64. The highest BCUT2D eigenvalue weighted by atomic mass is 35.5. The predicted octanol–water partition coefficient (Wildman–Crippen LogP) is 5.12. The van der Waals surface area contributed by atoms with E-state index in [1.807, 2.05) is 0 Å². The number of carbonyl (C=O) groups excluding carboxylic acids is 1. The molecule has 4 rings (SSSR count). The summed E-state index contributed by atoms with van der Waals surface area (Å²) in [5.74, 6) is -1.13. The number of benzene rings is 1. The lowest BCUT2D eigenvalue weighted by Crippen LogP contribution is -2.43. The molecule has 1 fully saturated rings. The van der Waals surface area contributed by atoms with Crippen molar-refractivity contribution in [2.24, 2.45) is 10.9 Å². The van der Waals surface area contributed by atoms with Crippen LogP contribution in [0.3, 0.4) is 0 Å². The van der Waals surface area contributed by atoms with Gasteiger partial charge in [0.05, 0.1) is 16.1 Å². The zero-order valence-corrected chi connectivity index (χ0v) is 19.7. The van der Waals surface area contributed by atoms with E-state index in [0.717, 1.165) is 36.6 Å². The molecule has 3 heterocycles. The number of amides is 1. The fourth-order valence-corrected chi connectivity index (χ4v) is 4.92. The third kappa shape index (κ3) is 4.90. The minimum absolute atomic E-state index is 0.0347. The Morgan fingerprint density at radius 1 is 1.24 bits per heavy atom. The Hall–Kier alpha value is -2.10. The number of halogens is 5. The fraction of sp³-hybridized carbons (Fsp3) is 0.500. The van der Waals surface area contributed by atoms with Gasteiger partial charge in [-0.3, -0.25) is 4.79 Å². The fourth-order valence-electron chi connectivity index (χ4n) is 4.61. The molecule has 0 radical (unpaired) electrons. The largest absolute Gasteiger partial charge is 0.435 e. The van der Waals surface area contributed by atoms with Gasteiger partial charge in [-0.05, 0) is 57.5 Å². The zero-order valence-electron chi connectivity index (χ0n) is 18.2. The summed E-state index contributed by atoms with van der Waals surface area (Å²) in [5.41, 5.74) is -0.139. The standard InChI is InChI=1S/C22H24Cl2F3N5O/c1-12-19(21(33)28-8-7-14-4-3-9-31(14)2)20(13-5-6-15(23)16(24)10-13)32-18(29-12)11-17(30-32)22(25,26)27/h5-6,10-11,14,19-20H,3-4,7-9H2,1-2H3,(H,28,33). The molecule has 2 aliphatic heterocycles. The Bertz CT molecular complexity index is 1080. The van der Waals surface area contributed by atoms with Gasteiger partial charge in [0.25, 0.3) is 0 Å². The topological polar surface area (TPSA) is 62.5 Å². The van der Waals surface area contributed by atoms with Gasteiger partial charge in [0.15, 0.2) is 11.5 Å². The lowest BCUT2D eigenvalue weighted by molar-refractivity contribution is -0.141. The first-order valence-corrected chi connectivity index (χ1v) is 11.5. The first-order valence-electron chi connectivity index (χ1n) is 10.7. The molecule has 0 spiro atoms. The number of fused-ring (bicyclic) bond motifs is 1. The van der Waals surface area contributed by atoms with Crippen LogP contribution in [0.15, 0.2) is 29.3 Å². The van der Waals surface area contributed by atoms with Crippen LogP contribution in [0.4, 0.5) is 19.0 Å². The van der Waals surface area contributed by atoms with Crippen molar-refractivity contribution in [2.75, 3.05) is 20.1 Å². The van der Waals surface area contributed by atoms with Crippen molar-refractivity contribution in [1.82, 2.24) is 20.0 Å². The minimum Gasteiger partial charge on any atom is -0.355 e. The van der Waals surface area contributed by atoms with E-state index in [9.17, 15) is 18.0 Å². The normalized spacial score (nSPS) is 23.4. The maximum absolute atomic E-state index is 13.4. The summed E-state index contributed by atoms with van der Waals surface area (Å²) in [6.45, 7) is 3.14. The van der Waals surface area contributed by atoms with Gasteiger partial charge in [-0.15, -0.1) is 0 Å². The number of aliphatic imine (C=N–C) groups is 1. The number of aromatic nitrogens is 2. The monoisotopic (exact) mass is 501 g/mol. The molecule has 1 aromatic carbocycles. The molecule has 3 unspecified atom stereocenters. The van der Waals surface area contributed by atoms with Crippen LogP contribution < -0.4 is 5.32 Å². The third-order valence-electron chi connectivity index (χ3n) is 6.34. The highest BCUT2D eigenvalue weighted by Crippen LogP contribution is 2.41. The van der Waals surface area contributed by atoms with Gasteiger partial charge < -0.3 is 10.2 Å². The molecule has 6 nitrogen and oxygen atoms in total. The number of alkyl halides is 3. The van der Waals surface area contributed by atoms with Crippen LogP contribution in [0.25, 0.3) is 0 Å². The van der Waals surface area contributed by atoms with Gasteiger partial charge in [-0.1, -0.05) is 29.3 Å². The molecule has 3 atom stereocenters. The Morgan fingerprint density at radius 3 is 2.64 bits per heavy atom. The quantitative estimate of drug-likeness (QED) is 0.618. The lowest BCUT2D eigenvalue weighted by atomic mass is 9.87. The van der Waals surface area contributed by atoms with Gasteiger partial charge in [0.1, 0.15) is 5.92 Å². The maximum atomic E-state index is 13.4. The first kappa shape index (κ1) is 24.0. The van der Waals surface area contributed by atoms with Gasteiger partial charge in [-0.25, -0.2) is 9.67 Å². The summed E-state index contributed by atoms with van der Waals surface area (Å²) in [6.07, 6.45) is -1.62. The van der Waals surface area contributed by atoms with E-state index in [-0.39, 0.29) is 16.7 Å². The second-order valence-electron chi connectivity index (χ2n) is 8.54. The molecule has 2 aliphatic rings. The average molecular weight is 502 g/mol. The van der Waals surface area contributed by atoms with Gasteiger partial charge in [0.2, 0.25) is 5.91 Å². The van der Waals surface area contributed by atoms with E-state index >= 15 is 0 Å². The number of hydrogen-bond donors (Lipinski definition) is 1. The summed E-state index contributed by atoms with van der Waals surface area (Å²) in [5, 5.41) is 7.27. The van der Waals surface area contributed by atoms with Crippen LogP contribution in [0.1, 0.15) is 43.5 Å². The molecule has 2 aromatic rings. The van der Waals surface area contributed by atoms with Crippen LogP contribution in [-0.2, 0) is 11.0 Å². The highest BCUT2D eigenvalue weighted by molar-refractivity contribution is 6.42. The molecule has 11 heteroatoms. The lowest BCUT2D eigenvalue weighted by Gasteiger charge is -2.31. The molecular weight excluding hydrogens is 478 g/mol. The van der Waals surface area contributed by atoms with Gasteiger partial charge in [0, 0.05) is 24.4 Å². The van der Waals surface area contributed by atoms with E-state index in [0.29, 0.717) is 28.9 Å². The van der Waals surface area contributed by atoms with Crippen LogP contribution in [0.5, 0.6) is 0 Å². The van der Waals surface area contributed by atoms with Crippen molar-refractivity contribution < 1.29 is 18.0 Å². The molecule has 1 saturated heterocycles. The third-order valence-corrected chi connectivity index (χ3v) is 7.08. The summed E-state index contributed by atoms with van der Waals surface area (Å²) < 4.78 is 41.3. The smallest absolute Gasteiger partial charge is 0.355 e. The van der Waals surface area contributed by atoms with E-state index in [1.54, 1.807) is 25.1 Å². The molecule has 1 N–H and O–H groups in total. The van der Waals surface area contributed by atoms with Crippen molar-refractivity contribution in [3.8, 4) is 0 Å². The summed E-state index contributed by atoms with van der Waals surface area (Å²) in [4.78, 5) is 19.8. The average Bonchev–Trinajstić information content (AvgIpc) is 3.35. The Kier molecular flexibility index (Phi) is 6.75. The number of carbonyl (C=O) groups is 1. The Balaban J connectivity index is 1.66. The SMILES string of the molecule is CC1=Nc2cc(C(F)(F)F)nn2C(c2ccc(Cl)c(Cl)c2)C1C(=O)NCCC1CCCN1C. The summed E-state index contributed by atoms with van der Waals surface area (Å²) in [7, 11) is 2.06. The first-order chi connectivity index (χ1) is 15.6. The summed E-state index contributed by atoms with van der Waals surface area (Å²) >= 11 is 12.2. The molecule has 178 valence electrons. The predicted molar refractivity (Wildman–Crippen MR) is 121 cm³/mol. The van der Waals surface area contributed by atoms with Crippen molar-refractivity contribution in [2.45, 2.75) is 44.4 Å². The second-order valence-corrected chi connectivity index (χ2v) is 9.35. The molecule has 1 amide bonds. The van der Waals surface area contributed by atoms with Crippen molar-refractivity contribution in [3.63, 3.8) is 0 Å². The Morgan fingerprint density at radius 2 is 2.00 bits per heavy atom. The van der Waals surface area contributed by atoms with Crippen LogP contribution in [-0.4, -0.2) is 52.5 Å². The van der Waals surface area contributed by atoms with E-state index in [1.165, 1.54) is 0 Å². The van der Waals surface area contributed by atoms with Gasteiger partial charge in [-0.2, -0.15) is 18.3 Å². The van der Waals surface area contributed by atoms with E-state index < -0.39 is 23.8 Å². The molecule has 33 heavy (non-hydrogen) atoms.